The van der Waals surface area contributed by atoms with E-state index in [1.54, 1.807) is 6.92 Å². The molecule has 280 valence electrons. The zero-order chi connectivity index (χ0) is 34.3. The second-order valence-electron chi connectivity index (χ2n) is 10.2. The summed E-state index contributed by atoms with van der Waals surface area (Å²) in [6.45, 7) is 21.9. The molecule has 0 rings (SSSR count). The van der Waals surface area contributed by atoms with Gasteiger partial charge in [0.1, 0.15) is 6.61 Å². The predicted octanol–water partition coefficient (Wildman–Crippen LogP) is 2.35. The second kappa shape index (κ2) is 39.2. The number of rotatable bonds is 40. The van der Waals surface area contributed by atoms with E-state index in [0.717, 1.165) is 13.0 Å². The van der Waals surface area contributed by atoms with E-state index in [0.29, 0.717) is 163 Å². The maximum atomic E-state index is 11.2. The smallest absolute Gasteiger partial charge is 0.333 e. The Morgan fingerprint density at radius 3 is 0.851 bits per heavy atom. The Morgan fingerprint density at radius 1 is 0.426 bits per heavy atom. The van der Waals surface area contributed by atoms with Gasteiger partial charge in [-0.3, -0.25) is 0 Å². The van der Waals surface area contributed by atoms with Crippen LogP contribution in [0.3, 0.4) is 0 Å². The van der Waals surface area contributed by atoms with Gasteiger partial charge in [-0.1, -0.05) is 26.8 Å². The van der Waals surface area contributed by atoms with Gasteiger partial charge in [-0.2, -0.15) is 0 Å². The van der Waals surface area contributed by atoms with Crippen LogP contribution in [0.25, 0.3) is 0 Å². The number of ether oxygens (including phenoxy) is 13. The Balaban J connectivity index is 3.08. The van der Waals surface area contributed by atoms with Gasteiger partial charge in [0.2, 0.25) is 0 Å². The zero-order valence-corrected chi connectivity index (χ0v) is 29.4. The summed E-state index contributed by atoms with van der Waals surface area (Å²) in [5.74, 6) is 0.181. The lowest BCUT2D eigenvalue weighted by atomic mass is 10.1. The van der Waals surface area contributed by atoms with Crippen molar-refractivity contribution in [1.29, 1.82) is 0 Å². The van der Waals surface area contributed by atoms with Gasteiger partial charge in [-0.05, 0) is 12.8 Å². The van der Waals surface area contributed by atoms with Crippen LogP contribution in [0.4, 0.5) is 0 Å². The molecule has 0 aliphatic carbocycles. The van der Waals surface area contributed by atoms with Crippen molar-refractivity contribution >= 4 is 5.97 Å². The number of esters is 1. The first-order valence-corrected chi connectivity index (χ1v) is 16.8. The molecular weight excluding hydrogens is 620 g/mol. The van der Waals surface area contributed by atoms with Gasteiger partial charge in [0, 0.05) is 12.2 Å². The zero-order valence-electron chi connectivity index (χ0n) is 29.4. The molecule has 0 spiro atoms. The normalized spacial score (nSPS) is 12.1. The molecule has 14 nitrogen and oxygen atoms in total. The predicted molar refractivity (Wildman–Crippen MR) is 175 cm³/mol. The Hall–Kier alpha value is -1.27. The van der Waals surface area contributed by atoms with Crippen molar-refractivity contribution in [1.82, 2.24) is 0 Å². The van der Waals surface area contributed by atoms with Gasteiger partial charge in [0.15, 0.2) is 0 Å². The van der Waals surface area contributed by atoms with Crippen LogP contribution in [0.5, 0.6) is 0 Å². The molecular formula is C33H64O14. The average Bonchev–Trinajstić information content (AvgIpc) is 3.07. The minimum Gasteiger partial charge on any atom is -0.460 e. The van der Waals surface area contributed by atoms with Gasteiger partial charge < -0.3 is 61.6 Å². The molecule has 0 aromatic heterocycles. The third-order valence-electron chi connectivity index (χ3n) is 6.00. The van der Waals surface area contributed by atoms with Crippen molar-refractivity contribution in [2.24, 2.45) is 5.92 Å². The van der Waals surface area contributed by atoms with Crippen LogP contribution in [0.15, 0.2) is 12.2 Å². The Morgan fingerprint density at radius 2 is 0.638 bits per heavy atom. The molecule has 0 bridgehead atoms. The lowest BCUT2D eigenvalue weighted by molar-refractivity contribution is -0.140. The topological polar surface area (TPSA) is 137 Å². The second-order valence-corrected chi connectivity index (χ2v) is 10.2. The highest BCUT2D eigenvalue weighted by atomic mass is 16.6. The lowest BCUT2D eigenvalue weighted by Crippen LogP contribution is -2.16. The highest BCUT2D eigenvalue weighted by Gasteiger charge is 2.02. The highest BCUT2D eigenvalue weighted by Crippen LogP contribution is 2.00. The molecule has 0 N–H and O–H groups in total. The molecule has 0 aromatic carbocycles. The van der Waals surface area contributed by atoms with E-state index in [9.17, 15) is 4.79 Å². The molecule has 1 unspecified atom stereocenters. The van der Waals surface area contributed by atoms with Crippen molar-refractivity contribution in [3.8, 4) is 0 Å². The fourth-order valence-corrected chi connectivity index (χ4v) is 3.14. The first-order valence-electron chi connectivity index (χ1n) is 16.8. The maximum Gasteiger partial charge on any atom is 0.333 e. The van der Waals surface area contributed by atoms with Gasteiger partial charge in [0.05, 0.1) is 152 Å². The molecule has 0 heterocycles. The van der Waals surface area contributed by atoms with Crippen LogP contribution in [-0.4, -0.2) is 171 Å². The minimum atomic E-state index is -0.413. The molecule has 0 aliphatic heterocycles. The monoisotopic (exact) mass is 684 g/mol. The van der Waals surface area contributed by atoms with Gasteiger partial charge in [0.25, 0.3) is 0 Å². The third kappa shape index (κ3) is 39.1. The number of carbonyl (C=O) groups is 1. The molecule has 47 heavy (non-hydrogen) atoms. The molecule has 0 saturated carbocycles. The Kier molecular flexibility index (Phi) is 38.1. The van der Waals surface area contributed by atoms with E-state index in [-0.39, 0.29) is 6.61 Å². The summed E-state index contributed by atoms with van der Waals surface area (Å²) in [6.07, 6.45) is 1.13. The lowest BCUT2D eigenvalue weighted by Gasteiger charge is -2.10. The summed E-state index contributed by atoms with van der Waals surface area (Å²) in [7, 11) is 0. The van der Waals surface area contributed by atoms with Crippen molar-refractivity contribution < 1.29 is 66.4 Å². The van der Waals surface area contributed by atoms with E-state index in [1.807, 2.05) is 0 Å². The maximum absolute atomic E-state index is 11.2. The first kappa shape index (κ1) is 45.7. The summed E-state index contributed by atoms with van der Waals surface area (Å²) < 4.78 is 70.4. The first-order chi connectivity index (χ1) is 23.1. The summed E-state index contributed by atoms with van der Waals surface area (Å²) >= 11 is 0. The molecule has 0 saturated heterocycles. The highest BCUT2D eigenvalue weighted by molar-refractivity contribution is 5.86. The third-order valence-corrected chi connectivity index (χ3v) is 6.00. The standard InChI is InChI=1S/C33H64O14/c1-5-32(4)30-46-27-26-44-23-22-42-19-18-40-15-14-38-11-10-36-7-6-35-8-9-37-12-13-39-16-17-41-20-21-43-24-25-45-28-29-47-33(34)31(2)3/h32H,2,5-30H2,1,3-4H3. The van der Waals surface area contributed by atoms with Crippen LogP contribution in [-0.2, 0) is 66.4 Å². The summed E-state index contributed by atoms with van der Waals surface area (Å²) in [6, 6.07) is 0. The van der Waals surface area contributed by atoms with Crippen LogP contribution in [0, 0.1) is 5.92 Å². The van der Waals surface area contributed by atoms with Crippen molar-refractivity contribution in [2.45, 2.75) is 27.2 Å². The van der Waals surface area contributed by atoms with Gasteiger partial charge >= 0.3 is 5.97 Å². The minimum absolute atomic E-state index is 0.199. The molecule has 14 heteroatoms. The number of hydrogen-bond acceptors (Lipinski definition) is 14. The van der Waals surface area contributed by atoms with Crippen molar-refractivity contribution in [3.05, 3.63) is 12.2 Å². The van der Waals surface area contributed by atoms with Gasteiger partial charge in [-0.15, -0.1) is 0 Å². The Labute approximate surface area is 282 Å². The van der Waals surface area contributed by atoms with Crippen LogP contribution in [0.1, 0.15) is 27.2 Å². The van der Waals surface area contributed by atoms with Crippen LogP contribution >= 0.6 is 0 Å². The SMILES string of the molecule is C=C(C)C(=O)OCCOCCOCCOCCOCCOCCOCCOCCOCCOCCOCCOCCOCC(C)CC. The van der Waals surface area contributed by atoms with Crippen molar-refractivity contribution in [2.75, 3.05) is 165 Å². The van der Waals surface area contributed by atoms with E-state index in [1.165, 1.54) is 0 Å². The largest absolute Gasteiger partial charge is 0.460 e. The molecule has 0 radical (unpaired) electrons. The van der Waals surface area contributed by atoms with Crippen molar-refractivity contribution in [3.63, 3.8) is 0 Å². The summed E-state index contributed by atoms with van der Waals surface area (Å²) in [4.78, 5) is 11.2. The van der Waals surface area contributed by atoms with E-state index < -0.39 is 5.97 Å². The van der Waals surface area contributed by atoms with E-state index in [2.05, 4.69) is 20.4 Å². The van der Waals surface area contributed by atoms with Crippen LogP contribution < -0.4 is 0 Å². The van der Waals surface area contributed by atoms with Crippen LogP contribution in [0.2, 0.25) is 0 Å². The average molecular weight is 685 g/mol. The molecule has 0 fully saturated rings. The number of hydrogen-bond donors (Lipinski definition) is 0. The summed E-state index contributed by atoms with van der Waals surface area (Å²) in [5.41, 5.74) is 0.370. The fourth-order valence-electron chi connectivity index (χ4n) is 3.14. The Bertz CT molecular complexity index is 655. The molecule has 0 aromatic rings. The van der Waals surface area contributed by atoms with Gasteiger partial charge in [-0.25, -0.2) is 4.79 Å². The molecule has 0 aliphatic rings. The van der Waals surface area contributed by atoms with E-state index >= 15 is 0 Å². The fraction of sp³-hybridized carbons (Fsp3) is 0.909. The van der Waals surface area contributed by atoms with E-state index in [4.69, 9.17) is 61.6 Å². The quantitative estimate of drug-likeness (QED) is 0.0531. The number of carbonyl (C=O) groups excluding carboxylic acids is 1. The molecule has 0 amide bonds. The summed E-state index contributed by atoms with van der Waals surface area (Å²) in [5, 5.41) is 0. The molecule has 1 atom stereocenters.